The average Bonchev–Trinajstić information content (AvgIpc) is 2.89. The molecule has 6 heteroatoms. The van der Waals surface area contributed by atoms with Crippen LogP contribution in [-0.4, -0.2) is 43.5 Å². The number of piperidine rings is 1. The molecule has 2 aliphatic rings. The van der Waals surface area contributed by atoms with Crippen molar-refractivity contribution >= 4 is 11.8 Å². The highest BCUT2D eigenvalue weighted by molar-refractivity contribution is 5.80. The summed E-state index contributed by atoms with van der Waals surface area (Å²) >= 11 is 0. The standard InChI is InChI=1S/C17H21FN2O3/c1-23-14-3-2-12(8-13(14)18)9-16(22)20-6-4-17(5-7-20)10-15(21)19-11-17/h2-3,8H,4-7,9-11H2,1H3,(H,19,21). The van der Waals surface area contributed by atoms with E-state index in [4.69, 9.17) is 4.74 Å². The molecule has 1 N–H and O–H groups in total. The molecule has 1 aromatic carbocycles. The summed E-state index contributed by atoms with van der Waals surface area (Å²) < 4.78 is 18.6. The summed E-state index contributed by atoms with van der Waals surface area (Å²) in [7, 11) is 1.41. The number of carbonyl (C=O) groups excluding carboxylic acids is 2. The lowest BCUT2D eigenvalue weighted by Gasteiger charge is -2.38. The lowest BCUT2D eigenvalue weighted by Crippen LogP contribution is -2.44. The van der Waals surface area contributed by atoms with Crippen LogP contribution in [0.4, 0.5) is 4.39 Å². The van der Waals surface area contributed by atoms with Gasteiger partial charge >= 0.3 is 0 Å². The number of halogens is 1. The van der Waals surface area contributed by atoms with Crippen molar-refractivity contribution in [3.8, 4) is 5.75 Å². The third-order valence-corrected chi connectivity index (χ3v) is 4.94. The Bertz CT molecular complexity index is 624. The minimum atomic E-state index is -0.453. The van der Waals surface area contributed by atoms with E-state index < -0.39 is 5.82 Å². The first-order chi connectivity index (χ1) is 11.0. The van der Waals surface area contributed by atoms with Crippen LogP contribution in [0.2, 0.25) is 0 Å². The molecule has 0 aliphatic carbocycles. The smallest absolute Gasteiger partial charge is 0.226 e. The lowest BCUT2D eigenvalue weighted by molar-refractivity contribution is -0.132. The highest BCUT2D eigenvalue weighted by Crippen LogP contribution is 2.37. The highest BCUT2D eigenvalue weighted by atomic mass is 19.1. The van der Waals surface area contributed by atoms with Gasteiger partial charge in [0.15, 0.2) is 11.6 Å². The first-order valence-corrected chi connectivity index (χ1v) is 7.88. The summed E-state index contributed by atoms with van der Waals surface area (Å²) in [4.78, 5) is 25.6. The Labute approximate surface area is 134 Å². The highest BCUT2D eigenvalue weighted by Gasteiger charge is 2.41. The van der Waals surface area contributed by atoms with Crippen LogP contribution < -0.4 is 10.1 Å². The number of methoxy groups -OCH3 is 1. The van der Waals surface area contributed by atoms with Gasteiger partial charge in [0, 0.05) is 26.1 Å². The summed E-state index contributed by atoms with van der Waals surface area (Å²) in [5.41, 5.74) is 0.673. The van der Waals surface area contributed by atoms with E-state index in [1.165, 1.54) is 13.2 Å². The first kappa shape index (κ1) is 15.8. The van der Waals surface area contributed by atoms with E-state index in [9.17, 15) is 14.0 Å². The topological polar surface area (TPSA) is 58.6 Å². The van der Waals surface area contributed by atoms with Gasteiger partial charge < -0.3 is 15.0 Å². The Balaban J connectivity index is 1.57. The van der Waals surface area contributed by atoms with Crippen molar-refractivity contribution in [2.45, 2.75) is 25.7 Å². The molecule has 1 spiro atoms. The molecule has 3 rings (SSSR count). The SMILES string of the molecule is COc1ccc(CC(=O)N2CCC3(CC2)CNC(=O)C3)cc1F. The second-order valence-electron chi connectivity index (χ2n) is 6.48. The Kier molecular flexibility index (Phi) is 4.24. The molecule has 0 radical (unpaired) electrons. The summed E-state index contributed by atoms with van der Waals surface area (Å²) in [6.07, 6.45) is 2.44. The Morgan fingerprint density at radius 3 is 2.70 bits per heavy atom. The molecule has 0 bridgehead atoms. The molecule has 0 aromatic heterocycles. The number of amides is 2. The summed E-state index contributed by atoms with van der Waals surface area (Å²) in [5, 5.41) is 2.89. The van der Waals surface area contributed by atoms with Gasteiger partial charge in [0.25, 0.3) is 0 Å². The van der Waals surface area contributed by atoms with Crippen molar-refractivity contribution in [1.29, 1.82) is 0 Å². The minimum absolute atomic E-state index is 0.00157. The van der Waals surface area contributed by atoms with Gasteiger partial charge in [-0.2, -0.15) is 0 Å². The zero-order valence-corrected chi connectivity index (χ0v) is 13.2. The maximum absolute atomic E-state index is 13.7. The van der Waals surface area contributed by atoms with Gasteiger partial charge in [0.2, 0.25) is 11.8 Å². The van der Waals surface area contributed by atoms with Crippen LogP contribution in [0.1, 0.15) is 24.8 Å². The molecule has 0 atom stereocenters. The molecule has 2 aliphatic heterocycles. The molecule has 2 fully saturated rings. The number of carbonyl (C=O) groups is 2. The molecule has 1 aromatic rings. The van der Waals surface area contributed by atoms with Crippen molar-refractivity contribution < 1.29 is 18.7 Å². The van der Waals surface area contributed by atoms with Gasteiger partial charge in [-0.25, -0.2) is 4.39 Å². The van der Waals surface area contributed by atoms with Crippen LogP contribution in [0.3, 0.4) is 0 Å². The first-order valence-electron chi connectivity index (χ1n) is 7.88. The Morgan fingerprint density at radius 2 is 2.13 bits per heavy atom. The van der Waals surface area contributed by atoms with Crippen LogP contribution in [-0.2, 0) is 16.0 Å². The molecule has 5 nitrogen and oxygen atoms in total. The number of likely N-dealkylation sites (tertiary alicyclic amines) is 1. The minimum Gasteiger partial charge on any atom is -0.494 e. The number of nitrogens with zero attached hydrogens (tertiary/aromatic N) is 1. The van der Waals surface area contributed by atoms with E-state index in [-0.39, 0.29) is 29.4 Å². The van der Waals surface area contributed by atoms with Crippen molar-refractivity contribution in [2.24, 2.45) is 5.41 Å². The molecule has 124 valence electrons. The van der Waals surface area contributed by atoms with Gasteiger partial charge in [-0.1, -0.05) is 6.07 Å². The maximum Gasteiger partial charge on any atom is 0.226 e. The predicted molar refractivity (Wildman–Crippen MR) is 82.5 cm³/mol. The molecule has 0 saturated carbocycles. The van der Waals surface area contributed by atoms with Crippen LogP contribution >= 0.6 is 0 Å². The molecule has 2 saturated heterocycles. The number of hydrogen-bond donors (Lipinski definition) is 1. The van der Waals surface area contributed by atoms with Crippen LogP contribution in [0, 0.1) is 11.2 Å². The zero-order chi connectivity index (χ0) is 16.4. The number of rotatable bonds is 3. The van der Waals surface area contributed by atoms with Gasteiger partial charge in [0.05, 0.1) is 13.5 Å². The fourth-order valence-corrected chi connectivity index (χ4v) is 3.44. The van der Waals surface area contributed by atoms with Crippen LogP contribution in [0.5, 0.6) is 5.75 Å². The monoisotopic (exact) mass is 320 g/mol. The lowest BCUT2D eigenvalue weighted by atomic mass is 9.77. The van der Waals surface area contributed by atoms with Gasteiger partial charge in [-0.3, -0.25) is 9.59 Å². The van der Waals surface area contributed by atoms with E-state index >= 15 is 0 Å². The van der Waals surface area contributed by atoms with E-state index in [0.717, 1.165) is 19.4 Å². The summed E-state index contributed by atoms with van der Waals surface area (Å²) in [6, 6.07) is 4.60. The largest absolute Gasteiger partial charge is 0.494 e. The van der Waals surface area contributed by atoms with E-state index in [2.05, 4.69) is 5.32 Å². The maximum atomic E-state index is 13.7. The van der Waals surface area contributed by atoms with E-state index in [1.54, 1.807) is 12.1 Å². The number of benzene rings is 1. The second kappa shape index (κ2) is 6.18. The number of hydrogen-bond acceptors (Lipinski definition) is 3. The van der Waals surface area contributed by atoms with Crippen molar-refractivity contribution in [3.05, 3.63) is 29.6 Å². The van der Waals surface area contributed by atoms with Gasteiger partial charge in [-0.05, 0) is 36.0 Å². The summed E-state index contributed by atoms with van der Waals surface area (Å²) in [6.45, 7) is 2.04. The molecule has 2 amide bonds. The molecule has 23 heavy (non-hydrogen) atoms. The van der Waals surface area contributed by atoms with Gasteiger partial charge in [0.1, 0.15) is 0 Å². The van der Waals surface area contributed by atoms with E-state index in [0.29, 0.717) is 25.1 Å². The van der Waals surface area contributed by atoms with Crippen molar-refractivity contribution in [3.63, 3.8) is 0 Å². The van der Waals surface area contributed by atoms with Crippen LogP contribution in [0.15, 0.2) is 18.2 Å². The Morgan fingerprint density at radius 1 is 1.39 bits per heavy atom. The third kappa shape index (κ3) is 3.30. The molecule has 2 heterocycles. The number of nitrogens with one attached hydrogen (secondary N) is 1. The predicted octanol–water partition coefficient (Wildman–Crippen LogP) is 1.51. The quantitative estimate of drug-likeness (QED) is 0.918. The number of ether oxygens (including phenoxy) is 1. The zero-order valence-electron chi connectivity index (χ0n) is 13.2. The molecular formula is C17H21FN2O3. The summed E-state index contributed by atoms with van der Waals surface area (Å²) in [5.74, 6) is -0.161. The Hall–Kier alpha value is -2.11. The van der Waals surface area contributed by atoms with Crippen molar-refractivity contribution in [2.75, 3.05) is 26.7 Å². The fraction of sp³-hybridized carbons (Fsp3) is 0.529. The normalized spacial score (nSPS) is 19.7. The van der Waals surface area contributed by atoms with Crippen molar-refractivity contribution in [1.82, 2.24) is 10.2 Å². The van der Waals surface area contributed by atoms with E-state index in [1.807, 2.05) is 4.90 Å². The average molecular weight is 320 g/mol. The van der Waals surface area contributed by atoms with Gasteiger partial charge in [-0.15, -0.1) is 0 Å². The molecular weight excluding hydrogens is 299 g/mol. The van der Waals surface area contributed by atoms with Crippen LogP contribution in [0.25, 0.3) is 0 Å². The third-order valence-electron chi connectivity index (χ3n) is 4.94. The fourth-order valence-electron chi connectivity index (χ4n) is 3.44. The second-order valence-corrected chi connectivity index (χ2v) is 6.48. The molecule has 0 unspecified atom stereocenters.